The molecule has 2 aromatic rings. The molecule has 6 rings (SSSR count). The number of Topliss-reactive ketones (excluding diaryl/α,β-unsaturated/α-hetero) is 1. The zero-order valence-corrected chi connectivity index (χ0v) is 19.6. The third-order valence-electron chi connectivity index (χ3n) is 7.84. The van der Waals surface area contributed by atoms with Crippen molar-refractivity contribution in [2.45, 2.75) is 55.3 Å². The molecule has 1 spiro atoms. The minimum absolute atomic E-state index is 0.0122. The van der Waals surface area contributed by atoms with Gasteiger partial charge in [0.1, 0.15) is 0 Å². The predicted octanol–water partition coefficient (Wildman–Crippen LogP) is -0.477. The number of halogens is 1. The van der Waals surface area contributed by atoms with E-state index in [0.29, 0.717) is 24.3 Å². The Morgan fingerprint density at radius 3 is 2.94 bits per heavy atom. The summed E-state index contributed by atoms with van der Waals surface area (Å²) in [5.41, 5.74) is 14.6. The molecule has 32 heavy (non-hydrogen) atoms. The number of rotatable bonds is 4. The fraction of sp³-hybridized carbons (Fsp3) is 0.400. The predicted molar refractivity (Wildman–Crippen MR) is 114 cm³/mol. The molecule has 0 aromatic heterocycles. The molecule has 0 saturated heterocycles. The standard InChI is InChI=1S/C25H24IN2O4/c1-2-30-20-7-6-14-12-17-18(28)8-10-24-21(14)22(20)31-23(24)19(29)9-11-25(17,24)32-26-15-4-3-5-16(27)13-15/h1,3-7,13,17-18,23H,8-12,27-28H2/q-1/t17?,18-,23+,24+,25-/m1/s1. The van der Waals surface area contributed by atoms with Crippen molar-refractivity contribution in [1.82, 2.24) is 0 Å². The van der Waals surface area contributed by atoms with Crippen LogP contribution in [0.1, 0.15) is 36.8 Å². The Kier molecular flexibility index (Phi) is 4.52. The van der Waals surface area contributed by atoms with Crippen molar-refractivity contribution in [3.05, 3.63) is 51.1 Å². The molecule has 5 atom stereocenters. The molecular weight excluding hydrogens is 519 g/mol. The van der Waals surface area contributed by atoms with Crippen molar-refractivity contribution in [1.29, 1.82) is 0 Å². The van der Waals surface area contributed by atoms with E-state index in [0.717, 1.165) is 34.1 Å². The number of benzene rings is 2. The minimum atomic E-state index is -0.804. The Morgan fingerprint density at radius 1 is 1.25 bits per heavy atom. The maximum absolute atomic E-state index is 13.2. The Labute approximate surface area is 197 Å². The van der Waals surface area contributed by atoms with Gasteiger partial charge in [0.2, 0.25) is 0 Å². The monoisotopic (exact) mass is 543 g/mol. The number of nitrogen functional groups attached to an aromatic ring is 1. The third kappa shape index (κ3) is 2.51. The zero-order valence-electron chi connectivity index (χ0n) is 17.5. The second-order valence-corrected chi connectivity index (χ2v) is 11.3. The first-order chi connectivity index (χ1) is 15.5. The molecular formula is C25H24IN2O4-. The first-order valence-electron chi connectivity index (χ1n) is 10.9. The van der Waals surface area contributed by atoms with Crippen LogP contribution >= 0.6 is 0 Å². The molecule has 2 bridgehead atoms. The van der Waals surface area contributed by atoms with E-state index in [1.165, 1.54) is 5.56 Å². The Morgan fingerprint density at radius 2 is 2.12 bits per heavy atom. The molecule has 3 aliphatic carbocycles. The van der Waals surface area contributed by atoms with Crippen molar-refractivity contribution >= 4 is 11.5 Å². The summed E-state index contributed by atoms with van der Waals surface area (Å²) in [5.74, 6) is 1.35. The maximum atomic E-state index is 13.2. The van der Waals surface area contributed by atoms with E-state index in [1.54, 1.807) is 0 Å². The van der Waals surface area contributed by atoms with Crippen LogP contribution in [-0.2, 0) is 19.7 Å². The number of ketones is 1. The fourth-order valence-electron chi connectivity index (χ4n) is 6.62. The van der Waals surface area contributed by atoms with Crippen LogP contribution in [0.15, 0.2) is 36.4 Å². The third-order valence-corrected chi connectivity index (χ3v) is 10.0. The normalized spacial score (nSPS) is 33.9. The fourth-order valence-corrected chi connectivity index (χ4v) is 9.05. The van der Waals surface area contributed by atoms with E-state index in [2.05, 4.69) is 18.2 Å². The van der Waals surface area contributed by atoms with Gasteiger partial charge >= 0.3 is 198 Å². The summed E-state index contributed by atoms with van der Waals surface area (Å²) in [5, 5.41) is 0. The van der Waals surface area contributed by atoms with E-state index < -0.39 is 38.7 Å². The van der Waals surface area contributed by atoms with Crippen LogP contribution in [0, 0.1) is 22.0 Å². The number of ether oxygens (including phenoxy) is 2. The first kappa shape index (κ1) is 20.3. The average Bonchev–Trinajstić information content (AvgIpc) is 3.14. The van der Waals surface area contributed by atoms with E-state index >= 15 is 0 Å². The number of hydrogen-bond donors (Lipinski definition) is 2. The number of hydrogen-bond acceptors (Lipinski definition) is 6. The van der Waals surface area contributed by atoms with Gasteiger partial charge in [0.25, 0.3) is 0 Å². The summed E-state index contributed by atoms with van der Waals surface area (Å²) in [6.45, 7) is 0. The van der Waals surface area contributed by atoms with Gasteiger partial charge in [-0.3, -0.25) is 0 Å². The molecule has 1 aliphatic heterocycles. The summed E-state index contributed by atoms with van der Waals surface area (Å²) in [6, 6.07) is 11.8. The molecule has 2 fully saturated rings. The van der Waals surface area contributed by atoms with Crippen LogP contribution in [0.5, 0.6) is 11.5 Å². The van der Waals surface area contributed by atoms with Gasteiger partial charge in [-0.15, -0.1) is 0 Å². The van der Waals surface area contributed by atoms with Crippen LogP contribution in [0.25, 0.3) is 0 Å². The second kappa shape index (κ2) is 7.11. The summed E-state index contributed by atoms with van der Waals surface area (Å²) in [4.78, 5) is 13.2. The van der Waals surface area contributed by atoms with Gasteiger partial charge in [-0.1, -0.05) is 0 Å². The molecule has 1 unspecified atom stereocenters. The number of carbonyl (C=O) groups excluding carboxylic acids is 1. The Bertz CT molecular complexity index is 1180. The molecule has 2 aromatic carbocycles. The number of carbonyl (C=O) groups is 1. The van der Waals surface area contributed by atoms with E-state index in [9.17, 15) is 4.79 Å². The SMILES string of the molecule is C#COc1ccc2c3c1O[C@H]1C(=O)CC[C@@]4(O[I-]c5cccc(N)c5)C(C2)[C@H](N)CC[C@]314. The van der Waals surface area contributed by atoms with Gasteiger partial charge in [0, 0.05) is 0 Å². The second-order valence-electron chi connectivity index (χ2n) is 9.19. The molecule has 7 heteroatoms. The molecule has 4 N–H and O–H groups in total. The van der Waals surface area contributed by atoms with Crippen molar-refractivity contribution in [2.75, 3.05) is 5.73 Å². The number of nitrogens with two attached hydrogens (primary N) is 2. The summed E-state index contributed by atoms with van der Waals surface area (Å²) >= 11 is -0.804. The van der Waals surface area contributed by atoms with Gasteiger partial charge in [0.05, 0.1) is 0 Å². The van der Waals surface area contributed by atoms with Gasteiger partial charge in [-0.05, 0) is 0 Å². The van der Waals surface area contributed by atoms with Crippen LogP contribution in [0.4, 0.5) is 5.69 Å². The summed E-state index contributed by atoms with van der Waals surface area (Å²) < 4.78 is 20.0. The first-order valence-corrected chi connectivity index (χ1v) is 12.9. The van der Waals surface area contributed by atoms with Crippen LogP contribution < -0.4 is 42.6 Å². The molecule has 6 nitrogen and oxygen atoms in total. The number of terminal acetylenes is 1. The Balaban J connectivity index is 1.54. The van der Waals surface area contributed by atoms with Gasteiger partial charge in [-0.2, -0.15) is 0 Å². The van der Waals surface area contributed by atoms with Crippen LogP contribution in [-0.4, -0.2) is 23.5 Å². The molecule has 0 radical (unpaired) electrons. The van der Waals surface area contributed by atoms with Crippen LogP contribution in [0.2, 0.25) is 0 Å². The quantitative estimate of drug-likeness (QED) is 0.308. The zero-order chi connectivity index (χ0) is 22.1. The number of anilines is 1. The van der Waals surface area contributed by atoms with E-state index in [-0.39, 0.29) is 17.7 Å². The van der Waals surface area contributed by atoms with Crippen molar-refractivity contribution in [2.24, 2.45) is 11.7 Å². The van der Waals surface area contributed by atoms with E-state index in [4.69, 9.17) is 30.4 Å². The molecule has 1 heterocycles. The molecule has 166 valence electrons. The van der Waals surface area contributed by atoms with Gasteiger partial charge < -0.3 is 0 Å². The van der Waals surface area contributed by atoms with Gasteiger partial charge in [0.15, 0.2) is 0 Å². The average molecular weight is 543 g/mol. The van der Waals surface area contributed by atoms with Crippen molar-refractivity contribution < 1.29 is 39.0 Å². The Hall–Kier alpha value is -2.28. The van der Waals surface area contributed by atoms with Crippen molar-refractivity contribution in [3.8, 4) is 24.0 Å². The summed E-state index contributed by atoms with van der Waals surface area (Å²) in [7, 11) is 0. The summed E-state index contributed by atoms with van der Waals surface area (Å²) in [6.07, 6.45) is 10.6. The molecule has 0 amide bonds. The molecule has 2 saturated carbocycles. The van der Waals surface area contributed by atoms with Gasteiger partial charge in [-0.25, -0.2) is 0 Å². The molecule has 4 aliphatic rings. The van der Waals surface area contributed by atoms with Crippen molar-refractivity contribution in [3.63, 3.8) is 0 Å². The van der Waals surface area contributed by atoms with E-state index in [1.807, 2.05) is 24.3 Å². The topological polar surface area (TPSA) is 96.8 Å². The van der Waals surface area contributed by atoms with Crippen LogP contribution in [0.3, 0.4) is 0 Å².